The molecule has 3 rings (SSSR count). The monoisotopic (exact) mass is 337 g/mol. The zero-order chi connectivity index (χ0) is 16.2. The molecule has 1 aromatic heterocycles. The molecule has 1 aliphatic heterocycles. The molecule has 1 fully saturated rings. The van der Waals surface area contributed by atoms with E-state index in [2.05, 4.69) is 9.97 Å². The van der Waals surface area contributed by atoms with E-state index in [1.165, 1.54) is 0 Å². The SMILES string of the molecule is Nc1nc(Cl)nc2c1CC(CCC(=O)C1CCCCOCC1)C2. The number of rotatable bonds is 4. The molecule has 2 N–H and O–H groups in total. The Balaban J connectivity index is 1.51. The first kappa shape index (κ1) is 16.7. The highest BCUT2D eigenvalue weighted by Gasteiger charge is 2.27. The number of nitrogen functional groups attached to an aromatic ring is 1. The number of ether oxygens (including phenoxy) is 1. The van der Waals surface area contributed by atoms with Crippen LogP contribution in [0.3, 0.4) is 0 Å². The summed E-state index contributed by atoms with van der Waals surface area (Å²) in [4.78, 5) is 20.8. The Morgan fingerprint density at radius 1 is 1.22 bits per heavy atom. The molecule has 0 spiro atoms. The van der Waals surface area contributed by atoms with Crippen LogP contribution in [-0.4, -0.2) is 29.0 Å². The zero-order valence-electron chi connectivity index (χ0n) is 13.4. The lowest BCUT2D eigenvalue weighted by atomic mass is 9.88. The number of hydrogen-bond acceptors (Lipinski definition) is 5. The summed E-state index contributed by atoms with van der Waals surface area (Å²) in [7, 11) is 0. The second-order valence-corrected chi connectivity index (χ2v) is 7.01. The number of fused-ring (bicyclic) bond motifs is 1. The van der Waals surface area contributed by atoms with Crippen LogP contribution in [0, 0.1) is 11.8 Å². The summed E-state index contributed by atoms with van der Waals surface area (Å²) in [5.41, 5.74) is 7.90. The molecule has 5 nitrogen and oxygen atoms in total. The van der Waals surface area contributed by atoms with Crippen LogP contribution in [0.4, 0.5) is 5.82 Å². The quantitative estimate of drug-likeness (QED) is 0.854. The fraction of sp³-hybridized carbons (Fsp3) is 0.706. The van der Waals surface area contributed by atoms with Crippen molar-refractivity contribution in [1.29, 1.82) is 0 Å². The van der Waals surface area contributed by atoms with Gasteiger partial charge in [0.15, 0.2) is 0 Å². The van der Waals surface area contributed by atoms with Crippen LogP contribution in [0.15, 0.2) is 0 Å². The van der Waals surface area contributed by atoms with E-state index in [1.807, 2.05) is 0 Å². The highest BCUT2D eigenvalue weighted by Crippen LogP contribution is 2.32. The van der Waals surface area contributed by atoms with E-state index < -0.39 is 0 Å². The van der Waals surface area contributed by atoms with Crippen molar-refractivity contribution < 1.29 is 9.53 Å². The van der Waals surface area contributed by atoms with Crippen LogP contribution in [0.2, 0.25) is 5.28 Å². The van der Waals surface area contributed by atoms with Crippen LogP contribution in [0.5, 0.6) is 0 Å². The highest BCUT2D eigenvalue weighted by atomic mass is 35.5. The summed E-state index contributed by atoms with van der Waals surface area (Å²) in [6.45, 7) is 1.56. The fourth-order valence-corrected chi connectivity index (χ4v) is 3.88. The molecular formula is C17H24ClN3O2. The lowest BCUT2D eigenvalue weighted by Crippen LogP contribution is -2.20. The van der Waals surface area contributed by atoms with Gasteiger partial charge in [-0.3, -0.25) is 4.79 Å². The van der Waals surface area contributed by atoms with E-state index in [9.17, 15) is 4.79 Å². The van der Waals surface area contributed by atoms with Gasteiger partial charge in [-0.2, -0.15) is 0 Å². The van der Waals surface area contributed by atoms with Gasteiger partial charge in [-0.15, -0.1) is 0 Å². The molecular weight excluding hydrogens is 314 g/mol. The Morgan fingerprint density at radius 3 is 2.96 bits per heavy atom. The van der Waals surface area contributed by atoms with Gasteiger partial charge in [0, 0.05) is 31.1 Å². The normalized spacial score (nSPS) is 24.7. The van der Waals surface area contributed by atoms with Gasteiger partial charge < -0.3 is 10.5 Å². The molecule has 0 amide bonds. The summed E-state index contributed by atoms with van der Waals surface area (Å²) >= 11 is 5.87. The lowest BCUT2D eigenvalue weighted by Gasteiger charge is -2.19. The van der Waals surface area contributed by atoms with E-state index in [1.54, 1.807) is 0 Å². The van der Waals surface area contributed by atoms with Crippen molar-refractivity contribution in [3.8, 4) is 0 Å². The Hall–Kier alpha value is -1.20. The standard InChI is InChI=1S/C17H24ClN3O2/c18-17-20-14-10-11(9-13(14)16(19)21-17)4-5-15(22)12-3-1-2-7-23-8-6-12/h11-12H,1-10H2,(H2,19,20,21). The Kier molecular flexibility index (Phi) is 5.49. The van der Waals surface area contributed by atoms with Crippen molar-refractivity contribution in [3.63, 3.8) is 0 Å². The number of carbonyl (C=O) groups is 1. The molecule has 0 bridgehead atoms. The number of anilines is 1. The van der Waals surface area contributed by atoms with Gasteiger partial charge >= 0.3 is 0 Å². The molecule has 126 valence electrons. The molecule has 1 aromatic rings. The fourth-order valence-electron chi connectivity index (χ4n) is 3.69. The number of ketones is 1. The second kappa shape index (κ2) is 7.58. The first-order valence-electron chi connectivity index (χ1n) is 8.54. The third-order valence-electron chi connectivity index (χ3n) is 5.03. The van der Waals surface area contributed by atoms with E-state index in [4.69, 9.17) is 22.1 Å². The maximum absolute atomic E-state index is 12.5. The minimum Gasteiger partial charge on any atom is -0.383 e. The average molecular weight is 338 g/mol. The predicted octanol–water partition coefficient (Wildman–Crippen LogP) is 2.98. The maximum Gasteiger partial charge on any atom is 0.224 e. The van der Waals surface area contributed by atoms with Crippen molar-refractivity contribution in [2.24, 2.45) is 11.8 Å². The number of nitrogens with two attached hydrogens (primary N) is 1. The van der Waals surface area contributed by atoms with Crippen molar-refractivity contribution >= 4 is 23.2 Å². The second-order valence-electron chi connectivity index (χ2n) is 6.68. The molecule has 2 unspecified atom stereocenters. The summed E-state index contributed by atoms with van der Waals surface area (Å²) in [5, 5.41) is 0.215. The van der Waals surface area contributed by atoms with Crippen molar-refractivity contribution in [3.05, 3.63) is 16.5 Å². The van der Waals surface area contributed by atoms with Crippen LogP contribution < -0.4 is 5.73 Å². The van der Waals surface area contributed by atoms with Crippen LogP contribution >= 0.6 is 11.6 Å². The Bertz CT molecular complexity index is 571. The van der Waals surface area contributed by atoms with E-state index in [0.717, 1.165) is 69.4 Å². The first-order chi connectivity index (χ1) is 11.1. The molecule has 6 heteroatoms. The third-order valence-corrected chi connectivity index (χ3v) is 5.20. The minimum absolute atomic E-state index is 0.179. The number of aromatic nitrogens is 2. The van der Waals surface area contributed by atoms with E-state index in [0.29, 0.717) is 23.9 Å². The highest BCUT2D eigenvalue weighted by molar-refractivity contribution is 6.28. The molecule has 2 heterocycles. The third kappa shape index (κ3) is 4.21. The summed E-state index contributed by atoms with van der Waals surface area (Å²) < 4.78 is 5.51. The Labute approximate surface area is 142 Å². The van der Waals surface area contributed by atoms with Gasteiger partial charge in [0.05, 0.1) is 5.69 Å². The molecule has 23 heavy (non-hydrogen) atoms. The van der Waals surface area contributed by atoms with E-state index in [-0.39, 0.29) is 11.2 Å². The first-order valence-corrected chi connectivity index (χ1v) is 8.92. The van der Waals surface area contributed by atoms with Crippen molar-refractivity contribution in [1.82, 2.24) is 9.97 Å². The summed E-state index contributed by atoms with van der Waals surface area (Å²) in [6.07, 6.45) is 7.30. The zero-order valence-corrected chi connectivity index (χ0v) is 14.1. The molecule has 1 saturated heterocycles. The molecule has 0 aromatic carbocycles. The van der Waals surface area contributed by atoms with E-state index >= 15 is 0 Å². The van der Waals surface area contributed by atoms with Gasteiger partial charge in [-0.1, -0.05) is 6.42 Å². The number of carbonyl (C=O) groups excluding carboxylic acids is 1. The largest absolute Gasteiger partial charge is 0.383 e. The molecule has 0 radical (unpaired) electrons. The Morgan fingerprint density at radius 2 is 2.09 bits per heavy atom. The number of Topliss-reactive ketones (excluding diaryl/α,β-unsaturated/α-hetero) is 1. The number of hydrogen-bond donors (Lipinski definition) is 1. The summed E-state index contributed by atoms with van der Waals surface area (Å²) in [5.74, 6) is 1.49. The van der Waals surface area contributed by atoms with Gasteiger partial charge in [0.25, 0.3) is 0 Å². The lowest BCUT2D eigenvalue weighted by molar-refractivity contribution is -0.124. The molecule has 2 aliphatic rings. The predicted molar refractivity (Wildman–Crippen MR) is 89.4 cm³/mol. The van der Waals surface area contributed by atoms with Gasteiger partial charge in [0.2, 0.25) is 5.28 Å². The van der Waals surface area contributed by atoms with Gasteiger partial charge in [-0.05, 0) is 56.0 Å². The average Bonchev–Trinajstić information content (AvgIpc) is 2.87. The van der Waals surface area contributed by atoms with Crippen LogP contribution in [-0.2, 0) is 22.4 Å². The number of nitrogens with zero attached hydrogens (tertiary/aromatic N) is 2. The van der Waals surface area contributed by atoms with Gasteiger partial charge in [-0.25, -0.2) is 9.97 Å². The topological polar surface area (TPSA) is 78.1 Å². The van der Waals surface area contributed by atoms with Crippen LogP contribution in [0.25, 0.3) is 0 Å². The summed E-state index contributed by atoms with van der Waals surface area (Å²) in [6, 6.07) is 0. The maximum atomic E-state index is 12.5. The molecule has 0 saturated carbocycles. The van der Waals surface area contributed by atoms with Crippen molar-refractivity contribution in [2.45, 2.75) is 51.4 Å². The minimum atomic E-state index is 0.179. The van der Waals surface area contributed by atoms with Gasteiger partial charge in [0.1, 0.15) is 11.6 Å². The molecule has 1 aliphatic carbocycles. The van der Waals surface area contributed by atoms with Crippen molar-refractivity contribution in [2.75, 3.05) is 18.9 Å². The smallest absolute Gasteiger partial charge is 0.224 e. The number of halogens is 1. The molecule has 2 atom stereocenters. The van der Waals surface area contributed by atoms with Crippen LogP contribution in [0.1, 0.15) is 49.8 Å².